The molecule has 1 heterocycles. The van der Waals surface area contributed by atoms with Crippen LogP contribution in [0.1, 0.15) is 22.5 Å². The smallest absolute Gasteiger partial charge is 0.291 e. The second-order valence-electron chi connectivity index (χ2n) is 5.03. The number of hydrogen-bond acceptors (Lipinski definition) is 4. The molecule has 0 spiro atoms. The van der Waals surface area contributed by atoms with Gasteiger partial charge in [0.1, 0.15) is 11.5 Å². The quantitative estimate of drug-likeness (QED) is 0.783. The molecule has 0 saturated carbocycles. The zero-order valence-corrected chi connectivity index (χ0v) is 13.8. The van der Waals surface area contributed by atoms with Crippen molar-refractivity contribution in [1.82, 2.24) is 0 Å². The van der Waals surface area contributed by atoms with E-state index in [9.17, 15) is 4.79 Å². The fourth-order valence-electron chi connectivity index (χ4n) is 2.12. The Morgan fingerprint density at radius 2 is 1.57 bits per heavy atom. The largest absolute Gasteiger partial charge is 0.497 e. The fourth-order valence-corrected chi connectivity index (χ4v) is 2.12. The number of methoxy groups -OCH3 is 2. The van der Waals surface area contributed by atoms with Gasteiger partial charge in [0.25, 0.3) is 5.95 Å². The Balaban J connectivity index is 2.18. The van der Waals surface area contributed by atoms with Gasteiger partial charge in [-0.05, 0) is 37.6 Å². The summed E-state index contributed by atoms with van der Waals surface area (Å²) in [5.74, 6) is 1.57. The Labute approximate surface area is 135 Å². The van der Waals surface area contributed by atoms with Crippen LogP contribution in [0.3, 0.4) is 0 Å². The molecule has 0 aliphatic rings. The van der Waals surface area contributed by atoms with Crippen LogP contribution in [-0.2, 0) is 0 Å². The number of ether oxygens (including phenoxy) is 2. The van der Waals surface area contributed by atoms with E-state index in [0.29, 0.717) is 16.9 Å². The molecular weight excluding hydrogens is 292 g/mol. The van der Waals surface area contributed by atoms with Crippen LogP contribution >= 0.6 is 0 Å². The van der Waals surface area contributed by atoms with E-state index in [1.807, 2.05) is 42.5 Å². The van der Waals surface area contributed by atoms with Gasteiger partial charge in [0, 0.05) is 5.56 Å². The molecule has 4 nitrogen and oxygen atoms in total. The Morgan fingerprint density at radius 3 is 2.17 bits per heavy atom. The van der Waals surface area contributed by atoms with Crippen molar-refractivity contribution >= 4 is 12.2 Å². The first-order valence-electron chi connectivity index (χ1n) is 7.24. The van der Waals surface area contributed by atoms with Gasteiger partial charge in [0.05, 0.1) is 19.8 Å². The molecule has 2 aromatic rings. The highest BCUT2D eigenvalue weighted by Crippen LogP contribution is 2.19. The first kappa shape index (κ1) is 16.6. The van der Waals surface area contributed by atoms with Crippen LogP contribution in [0.2, 0.25) is 0 Å². The number of benzene rings is 1. The minimum atomic E-state index is -0.0631. The maximum Gasteiger partial charge on any atom is 0.291 e. The van der Waals surface area contributed by atoms with E-state index >= 15 is 0 Å². The molecule has 0 bridgehead atoms. The van der Waals surface area contributed by atoms with E-state index in [1.165, 1.54) is 7.11 Å². The Hall–Kier alpha value is -2.75. The van der Waals surface area contributed by atoms with Gasteiger partial charge in [-0.15, -0.1) is 0 Å². The van der Waals surface area contributed by atoms with E-state index in [1.54, 1.807) is 27.0 Å². The predicted molar refractivity (Wildman–Crippen MR) is 92.1 cm³/mol. The minimum Gasteiger partial charge on any atom is -0.497 e. The molecule has 0 saturated heterocycles. The van der Waals surface area contributed by atoms with Crippen LogP contribution in [0.15, 0.2) is 45.6 Å². The maximum atomic E-state index is 12.1. The van der Waals surface area contributed by atoms with Gasteiger partial charge in [-0.3, -0.25) is 4.79 Å². The molecule has 0 fully saturated rings. The van der Waals surface area contributed by atoms with Crippen LogP contribution in [0.5, 0.6) is 11.7 Å². The van der Waals surface area contributed by atoms with Gasteiger partial charge >= 0.3 is 0 Å². The normalized spacial score (nSPS) is 11.3. The molecule has 23 heavy (non-hydrogen) atoms. The SMILES string of the molecule is COc1ccc(/C=C/C=C/c2oc(OC)c(C)c(=O)c2C)cc1. The van der Waals surface area contributed by atoms with Crippen LogP contribution < -0.4 is 14.9 Å². The van der Waals surface area contributed by atoms with Crippen molar-refractivity contribution < 1.29 is 13.9 Å². The molecule has 1 aromatic heterocycles. The Kier molecular flexibility index (Phi) is 5.41. The van der Waals surface area contributed by atoms with E-state index in [2.05, 4.69) is 0 Å². The molecular formula is C19H20O4. The first-order chi connectivity index (χ1) is 11.1. The summed E-state index contributed by atoms with van der Waals surface area (Å²) in [6.07, 6.45) is 7.41. The number of hydrogen-bond donors (Lipinski definition) is 0. The monoisotopic (exact) mass is 312 g/mol. The van der Waals surface area contributed by atoms with Crippen LogP contribution in [0, 0.1) is 13.8 Å². The summed E-state index contributed by atoms with van der Waals surface area (Å²) in [5, 5.41) is 0. The molecule has 0 radical (unpaired) electrons. The molecule has 120 valence electrons. The van der Waals surface area contributed by atoms with Gasteiger partial charge in [-0.1, -0.05) is 30.4 Å². The van der Waals surface area contributed by atoms with E-state index < -0.39 is 0 Å². The standard InChI is InChI=1S/C19H20O4/c1-13-17(23-19(22-4)14(2)18(13)20)8-6-5-7-15-9-11-16(21-3)12-10-15/h5-12H,1-4H3/b7-5+,8-6+. The summed E-state index contributed by atoms with van der Waals surface area (Å²) in [4.78, 5) is 12.1. The predicted octanol–water partition coefficient (Wildman–Crippen LogP) is 4.00. The van der Waals surface area contributed by atoms with Gasteiger partial charge in [0.2, 0.25) is 0 Å². The van der Waals surface area contributed by atoms with Crippen LogP contribution in [0.4, 0.5) is 0 Å². The topological polar surface area (TPSA) is 48.7 Å². The zero-order valence-electron chi connectivity index (χ0n) is 13.8. The van der Waals surface area contributed by atoms with Crippen LogP contribution in [-0.4, -0.2) is 14.2 Å². The molecule has 0 unspecified atom stereocenters. The highest BCUT2D eigenvalue weighted by molar-refractivity contribution is 5.57. The third-order valence-corrected chi connectivity index (χ3v) is 3.51. The van der Waals surface area contributed by atoms with E-state index in [-0.39, 0.29) is 11.4 Å². The summed E-state index contributed by atoms with van der Waals surface area (Å²) in [6, 6.07) is 7.72. The Morgan fingerprint density at radius 1 is 0.913 bits per heavy atom. The molecule has 0 aliphatic heterocycles. The molecule has 4 heteroatoms. The first-order valence-corrected chi connectivity index (χ1v) is 7.24. The van der Waals surface area contributed by atoms with Crippen molar-refractivity contribution in [3.8, 4) is 11.7 Å². The molecule has 0 atom stereocenters. The summed E-state index contributed by atoms with van der Waals surface area (Å²) >= 11 is 0. The maximum absolute atomic E-state index is 12.1. The average Bonchev–Trinajstić information content (AvgIpc) is 2.59. The lowest BCUT2D eigenvalue weighted by atomic mass is 10.1. The summed E-state index contributed by atoms with van der Waals surface area (Å²) < 4.78 is 15.8. The molecule has 2 rings (SSSR count). The minimum absolute atomic E-state index is 0.0631. The summed E-state index contributed by atoms with van der Waals surface area (Å²) in [5.41, 5.74) is 2.04. The third-order valence-electron chi connectivity index (χ3n) is 3.51. The molecule has 0 N–H and O–H groups in total. The van der Waals surface area contributed by atoms with Gasteiger partial charge in [-0.25, -0.2) is 0 Å². The highest BCUT2D eigenvalue weighted by Gasteiger charge is 2.11. The molecule has 0 amide bonds. The summed E-state index contributed by atoms with van der Waals surface area (Å²) in [7, 11) is 3.12. The molecule has 0 aliphatic carbocycles. The van der Waals surface area contributed by atoms with Gasteiger partial charge in [-0.2, -0.15) is 0 Å². The lowest BCUT2D eigenvalue weighted by molar-refractivity contribution is 0.289. The van der Waals surface area contributed by atoms with E-state index in [0.717, 1.165) is 11.3 Å². The second-order valence-corrected chi connectivity index (χ2v) is 5.03. The lowest BCUT2D eigenvalue weighted by Crippen LogP contribution is -2.11. The molecule has 1 aromatic carbocycles. The van der Waals surface area contributed by atoms with Crippen molar-refractivity contribution in [3.05, 3.63) is 69.1 Å². The van der Waals surface area contributed by atoms with Crippen molar-refractivity contribution in [2.45, 2.75) is 13.8 Å². The van der Waals surface area contributed by atoms with Crippen molar-refractivity contribution in [2.75, 3.05) is 14.2 Å². The number of rotatable bonds is 5. The Bertz CT molecular complexity index is 780. The zero-order chi connectivity index (χ0) is 16.8. The van der Waals surface area contributed by atoms with E-state index in [4.69, 9.17) is 13.9 Å². The van der Waals surface area contributed by atoms with Crippen LogP contribution in [0.25, 0.3) is 12.2 Å². The second kappa shape index (κ2) is 7.49. The highest BCUT2D eigenvalue weighted by atomic mass is 16.6. The van der Waals surface area contributed by atoms with Gasteiger partial charge in [0.15, 0.2) is 5.43 Å². The summed E-state index contributed by atoms with van der Waals surface area (Å²) in [6.45, 7) is 3.43. The van der Waals surface area contributed by atoms with Crippen molar-refractivity contribution in [3.63, 3.8) is 0 Å². The van der Waals surface area contributed by atoms with Gasteiger partial charge < -0.3 is 13.9 Å². The lowest BCUT2D eigenvalue weighted by Gasteiger charge is -2.06. The third kappa shape index (κ3) is 3.92. The van der Waals surface area contributed by atoms with Crippen molar-refractivity contribution in [1.29, 1.82) is 0 Å². The average molecular weight is 312 g/mol. The fraction of sp³-hybridized carbons (Fsp3) is 0.211. The van der Waals surface area contributed by atoms with Crippen molar-refractivity contribution in [2.24, 2.45) is 0 Å². The number of allylic oxidation sites excluding steroid dienone is 2.